The van der Waals surface area contributed by atoms with Gasteiger partial charge < -0.3 is 0 Å². The highest BCUT2D eigenvalue weighted by molar-refractivity contribution is 8.00. The molecule has 0 saturated heterocycles. The van der Waals surface area contributed by atoms with Gasteiger partial charge in [-0.3, -0.25) is 0 Å². The molecule has 1 aliphatic heterocycles. The molecular weight excluding hydrogens is 280 g/mol. The van der Waals surface area contributed by atoms with Crippen molar-refractivity contribution in [3.05, 3.63) is 41.7 Å². The minimum atomic E-state index is -1.23. The Hall–Kier alpha value is -1.43. The van der Waals surface area contributed by atoms with Gasteiger partial charge in [0.25, 0.3) is 0 Å². The average Bonchev–Trinajstić information content (AvgIpc) is 2.90. The summed E-state index contributed by atoms with van der Waals surface area (Å²) in [6.07, 6.45) is 0.285. The van der Waals surface area contributed by atoms with Gasteiger partial charge in [-0.15, -0.1) is 5.10 Å². The van der Waals surface area contributed by atoms with Crippen LogP contribution in [-0.4, -0.2) is 19.8 Å². The zero-order valence-electron chi connectivity index (χ0n) is 10.7. The van der Waals surface area contributed by atoms with Gasteiger partial charge in [-0.1, -0.05) is 30.3 Å². The largest absolute Gasteiger partial charge is 0.239 e. The summed E-state index contributed by atoms with van der Waals surface area (Å²) in [5, 5.41) is 3.44. The van der Waals surface area contributed by atoms with Crippen LogP contribution in [0.2, 0.25) is 0 Å². The number of fused-ring (bicyclic) bond motifs is 1. The Balaban J connectivity index is 1.67. The molecule has 1 fully saturated rings. The van der Waals surface area contributed by atoms with E-state index < -0.39 is 11.2 Å². The summed E-state index contributed by atoms with van der Waals surface area (Å²) < 4.78 is 29.5. The fraction of sp³-hybridized carbons (Fsp3) is 0.429. The molecule has 0 N–H and O–H groups in total. The molecule has 0 spiro atoms. The van der Waals surface area contributed by atoms with E-state index in [4.69, 9.17) is 0 Å². The maximum Gasteiger partial charge on any atom is 0.211 e. The smallest absolute Gasteiger partial charge is 0.211 e. The first-order valence-electron chi connectivity index (χ1n) is 6.68. The maximum absolute atomic E-state index is 14.1. The highest BCUT2D eigenvalue weighted by atomic mass is 32.2. The van der Waals surface area contributed by atoms with Gasteiger partial charge >= 0.3 is 0 Å². The van der Waals surface area contributed by atoms with Crippen LogP contribution in [0, 0.1) is 0 Å². The first-order valence-corrected chi connectivity index (χ1v) is 7.50. The Labute approximate surface area is 119 Å². The van der Waals surface area contributed by atoms with Gasteiger partial charge in [0, 0.05) is 6.42 Å². The fourth-order valence-electron chi connectivity index (χ4n) is 2.52. The maximum atomic E-state index is 14.1. The molecule has 0 bridgehead atoms. The lowest BCUT2D eigenvalue weighted by atomic mass is 10.0. The van der Waals surface area contributed by atoms with Crippen LogP contribution in [-0.2, 0) is 0 Å². The molecule has 2 atom stereocenters. The normalized spacial score (nSPS) is 26.5. The van der Waals surface area contributed by atoms with Crippen LogP contribution < -0.4 is 0 Å². The Morgan fingerprint density at radius 2 is 2.00 bits per heavy atom. The van der Waals surface area contributed by atoms with Gasteiger partial charge in [0.15, 0.2) is 17.0 Å². The molecule has 2 unspecified atom stereocenters. The number of benzene rings is 1. The second-order valence-corrected chi connectivity index (χ2v) is 6.61. The lowest BCUT2D eigenvalue weighted by molar-refractivity contribution is 0.327. The molecule has 104 valence electrons. The Morgan fingerprint density at radius 1 is 1.25 bits per heavy atom. The van der Waals surface area contributed by atoms with Gasteiger partial charge in [0.2, 0.25) is 5.16 Å². The van der Waals surface area contributed by atoms with Crippen molar-refractivity contribution in [3.63, 3.8) is 0 Å². The number of halogens is 2. The van der Waals surface area contributed by atoms with E-state index in [0.29, 0.717) is 30.2 Å². The zero-order valence-corrected chi connectivity index (χ0v) is 11.5. The summed E-state index contributed by atoms with van der Waals surface area (Å²) in [6.45, 7) is 0. The number of hydrogen-bond donors (Lipinski definition) is 0. The second kappa shape index (κ2) is 4.28. The van der Waals surface area contributed by atoms with E-state index in [0.717, 1.165) is 17.3 Å². The predicted octanol–water partition coefficient (Wildman–Crippen LogP) is 3.83. The van der Waals surface area contributed by atoms with Crippen LogP contribution in [0.4, 0.5) is 8.78 Å². The molecule has 0 amide bonds. The van der Waals surface area contributed by atoms with E-state index in [1.54, 1.807) is 4.68 Å². The monoisotopic (exact) mass is 293 g/mol. The average molecular weight is 293 g/mol. The topological polar surface area (TPSA) is 30.7 Å². The Bertz CT molecular complexity index is 639. The third kappa shape index (κ3) is 2.02. The third-order valence-corrected chi connectivity index (χ3v) is 4.88. The molecule has 6 heteroatoms. The highest BCUT2D eigenvalue weighted by Gasteiger charge is 2.46. The molecule has 2 aromatic rings. The van der Waals surface area contributed by atoms with E-state index in [1.807, 2.05) is 30.3 Å². The second-order valence-electron chi connectivity index (χ2n) is 5.31. The standard InChI is InChI=1S/C14H13F2N3S/c15-10-8-11(9-4-2-1-3-5-9)19-12(10)17-13(18-19)20-14(16)6-7-14/h1-5,10-11H,6-8H2. The third-order valence-electron chi connectivity index (χ3n) is 3.75. The molecule has 20 heavy (non-hydrogen) atoms. The van der Waals surface area contributed by atoms with Crippen molar-refractivity contribution in [1.82, 2.24) is 14.8 Å². The minimum absolute atomic E-state index is 0.141. The van der Waals surface area contributed by atoms with Gasteiger partial charge in [-0.25, -0.2) is 18.4 Å². The van der Waals surface area contributed by atoms with Crippen molar-refractivity contribution in [2.75, 3.05) is 0 Å². The van der Waals surface area contributed by atoms with Crippen molar-refractivity contribution in [2.24, 2.45) is 0 Å². The Kier molecular flexibility index (Phi) is 2.64. The van der Waals surface area contributed by atoms with E-state index in [-0.39, 0.29) is 6.04 Å². The summed E-state index contributed by atoms with van der Waals surface area (Å²) in [5.74, 6) is 0.325. The van der Waals surface area contributed by atoms with Crippen LogP contribution in [0.1, 0.15) is 42.9 Å². The van der Waals surface area contributed by atoms with Gasteiger partial charge in [-0.2, -0.15) is 0 Å². The molecule has 1 aromatic carbocycles. The minimum Gasteiger partial charge on any atom is -0.239 e. The van der Waals surface area contributed by atoms with Crippen molar-refractivity contribution < 1.29 is 8.78 Å². The van der Waals surface area contributed by atoms with Crippen LogP contribution in [0.5, 0.6) is 0 Å². The summed E-state index contributed by atoms with van der Waals surface area (Å²) in [7, 11) is 0. The van der Waals surface area contributed by atoms with Crippen LogP contribution in [0.25, 0.3) is 0 Å². The number of rotatable bonds is 3. The zero-order chi connectivity index (χ0) is 13.7. The number of hydrogen-bond acceptors (Lipinski definition) is 3. The van der Waals surface area contributed by atoms with Gasteiger partial charge in [0.05, 0.1) is 6.04 Å². The SMILES string of the molecule is FC1CC(c2ccccc2)n2nc(SC3(F)CC3)nc21. The quantitative estimate of drug-likeness (QED) is 0.861. The van der Waals surface area contributed by atoms with E-state index in [1.165, 1.54) is 0 Å². The number of aromatic nitrogens is 3. The molecule has 1 saturated carbocycles. The lowest BCUT2D eigenvalue weighted by Gasteiger charge is -2.11. The van der Waals surface area contributed by atoms with Crippen molar-refractivity contribution >= 4 is 11.8 Å². The lowest BCUT2D eigenvalue weighted by Crippen LogP contribution is -2.07. The number of thioether (sulfide) groups is 1. The number of alkyl halides is 2. The first-order chi connectivity index (χ1) is 9.65. The van der Waals surface area contributed by atoms with Crippen molar-refractivity contribution in [2.45, 2.75) is 41.6 Å². The van der Waals surface area contributed by atoms with Crippen LogP contribution in [0.3, 0.4) is 0 Å². The molecule has 3 nitrogen and oxygen atoms in total. The fourth-order valence-corrected chi connectivity index (χ4v) is 3.42. The molecule has 4 rings (SSSR count). The Morgan fingerprint density at radius 3 is 2.70 bits per heavy atom. The summed E-state index contributed by atoms with van der Waals surface area (Å²) in [5.41, 5.74) is 1.01. The van der Waals surface area contributed by atoms with Crippen molar-refractivity contribution in [1.29, 1.82) is 0 Å². The molecule has 2 heterocycles. The summed E-state index contributed by atoms with van der Waals surface area (Å²) in [4.78, 5) is 4.17. The van der Waals surface area contributed by atoms with Gasteiger partial charge in [0.1, 0.15) is 0 Å². The molecule has 0 radical (unpaired) electrons. The number of nitrogens with zero attached hydrogens (tertiary/aromatic N) is 3. The highest BCUT2D eigenvalue weighted by Crippen LogP contribution is 2.52. The summed E-state index contributed by atoms with van der Waals surface area (Å²) in [6, 6.07) is 9.55. The van der Waals surface area contributed by atoms with Crippen LogP contribution in [0.15, 0.2) is 35.5 Å². The van der Waals surface area contributed by atoms with Crippen LogP contribution >= 0.6 is 11.8 Å². The van der Waals surface area contributed by atoms with E-state index >= 15 is 0 Å². The summed E-state index contributed by atoms with van der Waals surface area (Å²) >= 11 is 1.02. The van der Waals surface area contributed by atoms with E-state index in [9.17, 15) is 8.78 Å². The van der Waals surface area contributed by atoms with E-state index in [2.05, 4.69) is 10.1 Å². The van der Waals surface area contributed by atoms with Gasteiger partial charge in [-0.05, 0) is 30.2 Å². The molecule has 1 aliphatic carbocycles. The predicted molar refractivity (Wildman–Crippen MR) is 72.0 cm³/mol. The van der Waals surface area contributed by atoms with Crippen molar-refractivity contribution in [3.8, 4) is 0 Å². The molecule has 2 aliphatic rings. The molecule has 1 aromatic heterocycles. The first kappa shape index (κ1) is 12.3. The molecular formula is C14H13F2N3S.